The van der Waals surface area contributed by atoms with Gasteiger partial charge in [-0.15, -0.1) is 24.0 Å². The SMILES string of the molecule is CN=C(NCCN1CCCC1)N1CCC(COC)C1.I. The molecule has 0 radical (unpaired) electrons. The number of aliphatic imine (C=N–C) groups is 1. The molecular weight excluding hydrogens is 367 g/mol. The van der Waals surface area contributed by atoms with Gasteiger partial charge in [0, 0.05) is 46.3 Å². The molecule has 2 aliphatic rings. The Kier molecular flexibility index (Phi) is 8.79. The first kappa shape index (κ1) is 18.0. The summed E-state index contributed by atoms with van der Waals surface area (Å²) < 4.78 is 5.24. The zero-order chi connectivity index (χ0) is 13.5. The molecule has 0 amide bonds. The summed E-state index contributed by atoms with van der Waals surface area (Å²) in [5, 5.41) is 3.49. The fourth-order valence-corrected chi connectivity index (χ4v) is 3.06. The minimum absolute atomic E-state index is 0. The van der Waals surface area contributed by atoms with Crippen LogP contribution in [0.3, 0.4) is 0 Å². The highest BCUT2D eigenvalue weighted by molar-refractivity contribution is 14.0. The first-order valence-electron chi connectivity index (χ1n) is 7.50. The summed E-state index contributed by atoms with van der Waals surface area (Å²) in [7, 11) is 3.66. The molecule has 0 aliphatic carbocycles. The first-order valence-corrected chi connectivity index (χ1v) is 7.50. The number of halogens is 1. The minimum Gasteiger partial charge on any atom is -0.384 e. The van der Waals surface area contributed by atoms with Gasteiger partial charge in [-0.05, 0) is 32.4 Å². The zero-order valence-electron chi connectivity index (χ0n) is 12.8. The van der Waals surface area contributed by atoms with Gasteiger partial charge in [0.05, 0.1) is 6.61 Å². The topological polar surface area (TPSA) is 40.1 Å². The zero-order valence-corrected chi connectivity index (χ0v) is 15.1. The van der Waals surface area contributed by atoms with Gasteiger partial charge in [0.2, 0.25) is 0 Å². The lowest BCUT2D eigenvalue weighted by molar-refractivity contribution is 0.157. The Morgan fingerprint density at radius 1 is 1.30 bits per heavy atom. The molecule has 6 heteroatoms. The standard InChI is InChI=1S/C14H28N4O.HI/c1-15-14(16-6-10-17-7-3-4-8-17)18-9-5-13(11-18)12-19-2;/h13H,3-12H2,1-2H3,(H,15,16);1H. The Labute approximate surface area is 140 Å². The maximum Gasteiger partial charge on any atom is 0.193 e. The third-order valence-corrected chi connectivity index (χ3v) is 4.11. The molecule has 0 aromatic carbocycles. The van der Waals surface area contributed by atoms with E-state index >= 15 is 0 Å². The number of nitrogens with one attached hydrogen (secondary N) is 1. The predicted octanol–water partition coefficient (Wildman–Crippen LogP) is 1.24. The molecule has 2 heterocycles. The molecule has 0 saturated carbocycles. The van der Waals surface area contributed by atoms with Crippen molar-refractivity contribution in [1.29, 1.82) is 0 Å². The Bertz CT molecular complexity index is 295. The lowest BCUT2D eigenvalue weighted by Crippen LogP contribution is -2.43. The maximum absolute atomic E-state index is 5.24. The van der Waals surface area contributed by atoms with E-state index in [-0.39, 0.29) is 24.0 Å². The van der Waals surface area contributed by atoms with Gasteiger partial charge in [0.1, 0.15) is 0 Å². The van der Waals surface area contributed by atoms with Crippen LogP contribution in [0.15, 0.2) is 4.99 Å². The van der Waals surface area contributed by atoms with E-state index in [0.717, 1.165) is 38.7 Å². The molecule has 2 aliphatic heterocycles. The highest BCUT2D eigenvalue weighted by atomic mass is 127. The van der Waals surface area contributed by atoms with Crippen molar-refractivity contribution in [1.82, 2.24) is 15.1 Å². The second-order valence-electron chi connectivity index (χ2n) is 5.58. The molecule has 0 bridgehead atoms. The van der Waals surface area contributed by atoms with Crippen molar-refractivity contribution in [2.75, 3.05) is 60.0 Å². The van der Waals surface area contributed by atoms with E-state index in [2.05, 4.69) is 20.1 Å². The van der Waals surface area contributed by atoms with Crippen LogP contribution in [0.25, 0.3) is 0 Å². The lowest BCUT2D eigenvalue weighted by atomic mass is 10.1. The molecule has 1 atom stereocenters. The monoisotopic (exact) mass is 396 g/mol. The van der Waals surface area contributed by atoms with Crippen molar-refractivity contribution in [3.63, 3.8) is 0 Å². The summed E-state index contributed by atoms with van der Waals surface area (Å²) in [6, 6.07) is 0. The van der Waals surface area contributed by atoms with Gasteiger partial charge in [-0.25, -0.2) is 0 Å². The number of ether oxygens (including phenoxy) is 1. The molecule has 0 aromatic heterocycles. The molecule has 20 heavy (non-hydrogen) atoms. The van der Waals surface area contributed by atoms with Gasteiger partial charge < -0.3 is 19.9 Å². The molecule has 2 saturated heterocycles. The average molecular weight is 396 g/mol. The molecule has 2 rings (SSSR count). The largest absolute Gasteiger partial charge is 0.384 e. The number of methoxy groups -OCH3 is 1. The van der Waals surface area contributed by atoms with E-state index in [4.69, 9.17) is 4.74 Å². The quantitative estimate of drug-likeness (QED) is 0.432. The smallest absolute Gasteiger partial charge is 0.193 e. The first-order chi connectivity index (χ1) is 9.33. The molecule has 1 unspecified atom stereocenters. The molecule has 0 aromatic rings. The molecular formula is C14H29IN4O. The predicted molar refractivity (Wildman–Crippen MR) is 94.0 cm³/mol. The van der Waals surface area contributed by atoms with Crippen molar-refractivity contribution in [3.05, 3.63) is 0 Å². The van der Waals surface area contributed by atoms with E-state index in [9.17, 15) is 0 Å². The summed E-state index contributed by atoms with van der Waals surface area (Å²) in [6.45, 7) is 7.68. The van der Waals surface area contributed by atoms with Crippen LogP contribution in [0.2, 0.25) is 0 Å². The van der Waals surface area contributed by atoms with Crippen LogP contribution in [0.1, 0.15) is 19.3 Å². The number of guanidine groups is 1. The van der Waals surface area contributed by atoms with Crippen molar-refractivity contribution >= 4 is 29.9 Å². The van der Waals surface area contributed by atoms with Crippen molar-refractivity contribution < 1.29 is 4.74 Å². The van der Waals surface area contributed by atoms with E-state index in [1.165, 1.54) is 32.4 Å². The van der Waals surface area contributed by atoms with Gasteiger partial charge in [-0.1, -0.05) is 0 Å². The number of nitrogens with zero attached hydrogens (tertiary/aromatic N) is 3. The van der Waals surface area contributed by atoms with Gasteiger partial charge in [0.15, 0.2) is 5.96 Å². The highest BCUT2D eigenvalue weighted by Crippen LogP contribution is 2.16. The van der Waals surface area contributed by atoms with Crippen LogP contribution >= 0.6 is 24.0 Å². The number of likely N-dealkylation sites (tertiary alicyclic amines) is 2. The molecule has 118 valence electrons. The lowest BCUT2D eigenvalue weighted by Gasteiger charge is -2.23. The van der Waals surface area contributed by atoms with E-state index in [1.807, 2.05) is 7.05 Å². The fraction of sp³-hybridized carbons (Fsp3) is 0.929. The van der Waals surface area contributed by atoms with Crippen molar-refractivity contribution in [3.8, 4) is 0 Å². The second kappa shape index (κ2) is 9.78. The normalized spacial score (nSPS) is 24.0. The summed E-state index contributed by atoms with van der Waals surface area (Å²) in [5.41, 5.74) is 0. The molecule has 1 N–H and O–H groups in total. The van der Waals surface area contributed by atoms with Crippen LogP contribution < -0.4 is 5.32 Å². The maximum atomic E-state index is 5.24. The van der Waals surface area contributed by atoms with E-state index < -0.39 is 0 Å². The molecule has 0 spiro atoms. The van der Waals surface area contributed by atoms with Crippen LogP contribution in [-0.4, -0.2) is 75.8 Å². The fourth-order valence-electron chi connectivity index (χ4n) is 3.06. The number of rotatable bonds is 5. The molecule has 5 nitrogen and oxygen atoms in total. The number of hydrogen-bond donors (Lipinski definition) is 1. The Balaban J connectivity index is 0.00000200. The summed E-state index contributed by atoms with van der Waals surface area (Å²) in [6.07, 6.45) is 3.93. The summed E-state index contributed by atoms with van der Waals surface area (Å²) in [4.78, 5) is 9.28. The second-order valence-corrected chi connectivity index (χ2v) is 5.58. The highest BCUT2D eigenvalue weighted by Gasteiger charge is 2.24. The Morgan fingerprint density at radius 3 is 2.70 bits per heavy atom. The van der Waals surface area contributed by atoms with Crippen LogP contribution in [0.5, 0.6) is 0 Å². The summed E-state index contributed by atoms with van der Waals surface area (Å²) in [5.74, 6) is 1.71. The number of hydrogen-bond acceptors (Lipinski definition) is 3. The van der Waals surface area contributed by atoms with Crippen molar-refractivity contribution in [2.24, 2.45) is 10.9 Å². The van der Waals surface area contributed by atoms with Gasteiger partial charge in [0.25, 0.3) is 0 Å². The van der Waals surface area contributed by atoms with Gasteiger partial charge in [-0.2, -0.15) is 0 Å². The molecule has 2 fully saturated rings. The van der Waals surface area contributed by atoms with Crippen molar-refractivity contribution in [2.45, 2.75) is 19.3 Å². The third-order valence-electron chi connectivity index (χ3n) is 4.11. The van der Waals surface area contributed by atoms with Gasteiger partial charge >= 0.3 is 0 Å². The third kappa shape index (κ3) is 5.37. The Morgan fingerprint density at radius 2 is 2.05 bits per heavy atom. The van der Waals surface area contributed by atoms with Crippen LogP contribution in [0.4, 0.5) is 0 Å². The van der Waals surface area contributed by atoms with E-state index in [0.29, 0.717) is 5.92 Å². The van der Waals surface area contributed by atoms with Gasteiger partial charge in [-0.3, -0.25) is 4.99 Å². The van der Waals surface area contributed by atoms with Crippen LogP contribution in [-0.2, 0) is 4.74 Å². The Hall–Kier alpha value is -0.0800. The summed E-state index contributed by atoms with van der Waals surface area (Å²) >= 11 is 0. The average Bonchev–Trinajstić information content (AvgIpc) is 3.06. The van der Waals surface area contributed by atoms with E-state index in [1.54, 1.807) is 7.11 Å². The van der Waals surface area contributed by atoms with Crippen LogP contribution in [0, 0.1) is 5.92 Å². The minimum atomic E-state index is 0.